The molecule has 0 radical (unpaired) electrons. The minimum atomic E-state index is -0.791. The maximum atomic E-state index is 12.0. The summed E-state index contributed by atoms with van der Waals surface area (Å²) in [5, 5.41) is 21.7. The van der Waals surface area contributed by atoms with Gasteiger partial charge in [-0.25, -0.2) is 4.98 Å². The van der Waals surface area contributed by atoms with Crippen LogP contribution in [0.5, 0.6) is 5.75 Å². The molecule has 0 unspecified atom stereocenters. The Labute approximate surface area is 199 Å². The minimum absolute atomic E-state index is 0.00906. The van der Waals surface area contributed by atoms with Gasteiger partial charge in [0.1, 0.15) is 11.4 Å². The highest BCUT2D eigenvalue weighted by atomic mass is 16.5. The van der Waals surface area contributed by atoms with E-state index in [2.05, 4.69) is 26.7 Å². The van der Waals surface area contributed by atoms with E-state index in [1.807, 2.05) is 42.5 Å². The number of carboxylic acids is 1. The van der Waals surface area contributed by atoms with Gasteiger partial charge in [-0.2, -0.15) is 0 Å². The molecule has 0 spiro atoms. The van der Waals surface area contributed by atoms with Crippen molar-refractivity contribution in [1.82, 2.24) is 14.9 Å². The Morgan fingerprint density at radius 3 is 2.88 bits per heavy atom. The van der Waals surface area contributed by atoms with E-state index in [1.165, 1.54) is 0 Å². The predicted octanol–water partition coefficient (Wildman–Crippen LogP) is 3.53. The summed E-state index contributed by atoms with van der Waals surface area (Å²) >= 11 is 0. The monoisotopic (exact) mass is 459 g/mol. The molecular formula is C27H29N3O4. The molecule has 0 saturated carbocycles. The summed E-state index contributed by atoms with van der Waals surface area (Å²) in [5.74, 6) is 5.58. The molecule has 7 nitrogen and oxygen atoms in total. The van der Waals surface area contributed by atoms with Crippen LogP contribution in [0.15, 0.2) is 54.9 Å². The van der Waals surface area contributed by atoms with Gasteiger partial charge in [0.2, 0.25) is 0 Å². The van der Waals surface area contributed by atoms with Crippen LogP contribution in [0.2, 0.25) is 0 Å². The van der Waals surface area contributed by atoms with Crippen molar-refractivity contribution in [3.8, 4) is 17.6 Å². The molecule has 1 aliphatic rings. The molecule has 3 aromatic rings. The van der Waals surface area contributed by atoms with Gasteiger partial charge in [-0.05, 0) is 79.6 Å². The number of likely N-dealkylation sites (tertiary alicyclic amines) is 1. The van der Waals surface area contributed by atoms with Gasteiger partial charge in [0.05, 0.1) is 31.2 Å². The fourth-order valence-corrected chi connectivity index (χ4v) is 4.61. The molecule has 0 aliphatic carbocycles. The molecule has 2 N–H and O–H groups in total. The van der Waals surface area contributed by atoms with Gasteiger partial charge >= 0.3 is 5.97 Å². The lowest BCUT2D eigenvalue weighted by molar-refractivity contribution is -0.146. The Morgan fingerprint density at radius 2 is 2.12 bits per heavy atom. The largest absolute Gasteiger partial charge is 0.497 e. The van der Waals surface area contributed by atoms with Crippen molar-refractivity contribution < 1.29 is 19.7 Å². The molecule has 0 bridgehead atoms. The molecule has 1 aliphatic heterocycles. The molecule has 34 heavy (non-hydrogen) atoms. The molecule has 176 valence electrons. The molecule has 3 heterocycles. The summed E-state index contributed by atoms with van der Waals surface area (Å²) in [4.78, 5) is 22.7. The molecule has 1 saturated heterocycles. The summed E-state index contributed by atoms with van der Waals surface area (Å²) in [6.07, 6.45) is 4.59. The minimum Gasteiger partial charge on any atom is -0.497 e. The molecule has 1 fully saturated rings. The maximum absolute atomic E-state index is 12.0. The lowest BCUT2D eigenvalue weighted by atomic mass is 9.81. The van der Waals surface area contributed by atoms with Crippen molar-refractivity contribution in [1.29, 1.82) is 0 Å². The fraction of sp³-hybridized carbons (Fsp3) is 0.370. The highest BCUT2D eigenvalue weighted by Gasteiger charge is 2.34. The number of hydrogen-bond donors (Lipinski definition) is 2. The number of aliphatic hydroxyl groups excluding tert-OH is 1. The quantitative estimate of drug-likeness (QED) is 0.522. The zero-order valence-electron chi connectivity index (χ0n) is 19.2. The van der Waals surface area contributed by atoms with Crippen LogP contribution in [0.3, 0.4) is 0 Å². The highest BCUT2D eigenvalue weighted by molar-refractivity contribution is 5.83. The van der Waals surface area contributed by atoms with E-state index in [0.717, 1.165) is 29.4 Å². The third-order valence-electron chi connectivity index (χ3n) is 6.49. The Bertz CT molecular complexity index is 1190. The normalized spacial score (nSPS) is 19.2. The van der Waals surface area contributed by atoms with Gasteiger partial charge in [-0.1, -0.05) is 12.0 Å². The van der Waals surface area contributed by atoms with E-state index in [0.29, 0.717) is 37.4 Å². The number of aromatic nitrogens is 2. The topological polar surface area (TPSA) is 95.8 Å². The smallest absolute Gasteiger partial charge is 0.308 e. The van der Waals surface area contributed by atoms with Crippen LogP contribution in [0.4, 0.5) is 0 Å². The van der Waals surface area contributed by atoms with Crippen LogP contribution >= 0.6 is 0 Å². The van der Waals surface area contributed by atoms with Crippen LogP contribution < -0.4 is 4.74 Å². The van der Waals surface area contributed by atoms with Gasteiger partial charge < -0.3 is 14.9 Å². The van der Waals surface area contributed by atoms with Crippen molar-refractivity contribution in [3.63, 3.8) is 0 Å². The van der Waals surface area contributed by atoms with E-state index in [1.54, 1.807) is 19.5 Å². The zero-order valence-corrected chi connectivity index (χ0v) is 19.2. The van der Waals surface area contributed by atoms with Crippen molar-refractivity contribution >= 4 is 16.9 Å². The van der Waals surface area contributed by atoms with Crippen LogP contribution in [0.25, 0.3) is 10.9 Å². The summed E-state index contributed by atoms with van der Waals surface area (Å²) in [6, 6.07) is 13.0. The first-order chi connectivity index (χ1) is 16.5. The number of methoxy groups -OCH3 is 1. The van der Waals surface area contributed by atoms with Crippen molar-refractivity contribution in [2.75, 3.05) is 26.7 Å². The number of hydrogen-bond acceptors (Lipinski definition) is 6. The maximum Gasteiger partial charge on any atom is 0.308 e. The van der Waals surface area contributed by atoms with E-state index < -0.39 is 18.0 Å². The van der Waals surface area contributed by atoms with Gasteiger partial charge in [0.15, 0.2) is 0 Å². The molecule has 4 rings (SSSR count). The second-order valence-electron chi connectivity index (χ2n) is 8.62. The van der Waals surface area contributed by atoms with Crippen LogP contribution in [-0.4, -0.2) is 57.8 Å². The first kappa shape index (κ1) is 23.7. The lowest BCUT2D eigenvalue weighted by Gasteiger charge is -2.36. The Balaban J connectivity index is 1.38. The standard InChI is InChI=1S/C27H29N3O4/c1-34-21-8-9-25-23(17-21)22(11-14-29-25)26(31)10-7-19-12-16-30(18-24(19)27(32)33)15-4-6-20-5-2-3-13-28-20/h2-3,5,8-9,11,13-14,17,19,24,26,31H,7,10,12,15-16,18H2,1H3,(H,32,33)/t19-,24+,26+/m1/s1. The van der Waals surface area contributed by atoms with E-state index in [4.69, 9.17) is 4.74 Å². The fourth-order valence-electron chi connectivity index (χ4n) is 4.61. The van der Waals surface area contributed by atoms with Crippen molar-refractivity contribution in [3.05, 3.63) is 66.1 Å². The van der Waals surface area contributed by atoms with Crippen LogP contribution in [0.1, 0.15) is 36.6 Å². The number of aliphatic hydroxyl groups is 1. The number of benzene rings is 1. The molecule has 7 heteroatoms. The number of carbonyl (C=O) groups is 1. The third kappa shape index (κ3) is 5.71. The molecule has 0 amide bonds. The Morgan fingerprint density at radius 1 is 1.24 bits per heavy atom. The number of piperidine rings is 1. The first-order valence-electron chi connectivity index (χ1n) is 11.5. The number of pyridine rings is 2. The summed E-state index contributed by atoms with van der Waals surface area (Å²) < 4.78 is 5.32. The number of rotatable bonds is 7. The molecular weight excluding hydrogens is 430 g/mol. The van der Waals surface area contributed by atoms with Crippen molar-refractivity contribution in [2.24, 2.45) is 11.8 Å². The average molecular weight is 460 g/mol. The van der Waals surface area contributed by atoms with Crippen LogP contribution in [0, 0.1) is 23.7 Å². The third-order valence-corrected chi connectivity index (χ3v) is 6.49. The number of carboxylic acid groups (broad SMARTS) is 1. The summed E-state index contributed by atoms with van der Waals surface area (Å²) in [6.45, 7) is 1.76. The molecule has 1 aromatic carbocycles. The lowest BCUT2D eigenvalue weighted by Crippen LogP contribution is -2.44. The highest BCUT2D eigenvalue weighted by Crippen LogP contribution is 2.33. The second kappa shape index (κ2) is 11.1. The first-order valence-corrected chi connectivity index (χ1v) is 11.5. The van der Waals surface area contributed by atoms with E-state index in [-0.39, 0.29) is 5.92 Å². The number of aliphatic carboxylic acids is 1. The molecule has 3 atom stereocenters. The van der Waals surface area contributed by atoms with Crippen molar-refractivity contribution in [2.45, 2.75) is 25.4 Å². The SMILES string of the molecule is COc1ccc2nccc([C@@H](O)CC[C@@H]3CCN(CC#Cc4ccccn4)C[C@@H]3C(=O)O)c2c1. The zero-order chi connectivity index (χ0) is 23.9. The number of ether oxygens (including phenoxy) is 1. The summed E-state index contributed by atoms with van der Waals surface area (Å²) in [5.41, 5.74) is 2.29. The summed E-state index contributed by atoms with van der Waals surface area (Å²) in [7, 11) is 1.61. The van der Waals surface area contributed by atoms with Gasteiger partial charge in [-0.3, -0.25) is 14.7 Å². The Hall–Kier alpha value is -3.47. The number of fused-ring (bicyclic) bond motifs is 1. The van der Waals surface area contributed by atoms with Crippen LogP contribution in [-0.2, 0) is 4.79 Å². The van der Waals surface area contributed by atoms with Gasteiger partial charge in [0, 0.05) is 24.3 Å². The number of nitrogens with zero attached hydrogens (tertiary/aromatic N) is 3. The van der Waals surface area contributed by atoms with Gasteiger partial charge in [0.25, 0.3) is 0 Å². The average Bonchev–Trinajstić information content (AvgIpc) is 2.87. The van der Waals surface area contributed by atoms with E-state index >= 15 is 0 Å². The van der Waals surface area contributed by atoms with E-state index in [9.17, 15) is 15.0 Å². The molecule has 2 aromatic heterocycles. The second-order valence-corrected chi connectivity index (χ2v) is 8.62. The Kier molecular flexibility index (Phi) is 7.73. The predicted molar refractivity (Wildman–Crippen MR) is 129 cm³/mol. The van der Waals surface area contributed by atoms with Gasteiger partial charge in [-0.15, -0.1) is 0 Å².